The molecular weight excluding hydrogens is 316 g/mol. The van der Waals surface area contributed by atoms with Crippen molar-refractivity contribution < 1.29 is 29.3 Å². The summed E-state index contributed by atoms with van der Waals surface area (Å²) in [4.78, 5) is 35.0. The highest BCUT2D eigenvalue weighted by molar-refractivity contribution is 5.95. The van der Waals surface area contributed by atoms with E-state index >= 15 is 0 Å². The second-order valence-corrected chi connectivity index (χ2v) is 7.37. The van der Waals surface area contributed by atoms with Crippen LogP contribution in [0.5, 0.6) is 0 Å². The van der Waals surface area contributed by atoms with E-state index in [1.807, 2.05) is 27.7 Å². The Morgan fingerprint density at radius 3 is 2.29 bits per heavy atom. The average molecular weight is 344 g/mol. The number of epoxide rings is 1. The molecular formula is C16H28N2O6. The van der Waals surface area contributed by atoms with E-state index in [2.05, 4.69) is 10.6 Å². The van der Waals surface area contributed by atoms with Crippen molar-refractivity contribution in [1.29, 1.82) is 0 Å². The first kappa shape index (κ1) is 20.4. The number of carbonyl (C=O) groups is 3. The Hall–Kier alpha value is -1.67. The maximum Gasteiger partial charge on any atom is 0.336 e. The van der Waals surface area contributed by atoms with Crippen LogP contribution in [-0.2, 0) is 19.1 Å². The Morgan fingerprint density at radius 2 is 1.83 bits per heavy atom. The van der Waals surface area contributed by atoms with Gasteiger partial charge in [0, 0.05) is 13.2 Å². The van der Waals surface area contributed by atoms with Crippen molar-refractivity contribution in [2.75, 3.05) is 13.2 Å². The van der Waals surface area contributed by atoms with E-state index in [-0.39, 0.29) is 23.8 Å². The minimum absolute atomic E-state index is 0.0185. The van der Waals surface area contributed by atoms with Crippen molar-refractivity contribution in [3.05, 3.63) is 0 Å². The minimum atomic E-state index is -1.19. The largest absolute Gasteiger partial charge is 0.479 e. The van der Waals surface area contributed by atoms with Gasteiger partial charge in [0.15, 0.2) is 12.2 Å². The Balaban J connectivity index is 2.53. The van der Waals surface area contributed by atoms with Gasteiger partial charge in [-0.2, -0.15) is 0 Å². The highest BCUT2D eigenvalue weighted by Crippen LogP contribution is 2.22. The van der Waals surface area contributed by atoms with Crippen molar-refractivity contribution in [2.45, 2.75) is 58.8 Å². The van der Waals surface area contributed by atoms with E-state index in [4.69, 9.17) is 9.84 Å². The molecule has 0 spiro atoms. The maximum absolute atomic E-state index is 12.3. The fourth-order valence-electron chi connectivity index (χ4n) is 2.18. The number of ether oxygens (including phenoxy) is 1. The molecule has 138 valence electrons. The molecule has 1 saturated heterocycles. The van der Waals surface area contributed by atoms with Gasteiger partial charge >= 0.3 is 5.97 Å². The lowest BCUT2D eigenvalue weighted by atomic mass is 9.90. The van der Waals surface area contributed by atoms with E-state index in [9.17, 15) is 19.5 Å². The van der Waals surface area contributed by atoms with Crippen molar-refractivity contribution >= 4 is 17.8 Å². The summed E-state index contributed by atoms with van der Waals surface area (Å²) in [6.07, 6.45) is -1.12. The van der Waals surface area contributed by atoms with E-state index in [1.165, 1.54) is 0 Å². The third-order valence-electron chi connectivity index (χ3n) is 3.86. The average Bonchev–Trinajstić information content (AvgIpc) is 3.26. The molecule has 1 fully saturated rings. The van der Waals surface area contributed by atoms with Crippen LogP contribution < -0.4 is 10.6 Å². The van der Waals surface area contributed by atoms with Crippen LogP contribution in [0.2, 0.25) is 0 Å². The fourth-order valence-corrected chi connectivity index (χ4v) is 2.18. The number of carboxylic acid groups (broad SMARTS) is 1. The van der Waals surface area contributed by atoms with Gasteiger partial charge in [-0.1, -0.05) is 27.7 Å². The number of rotatable bonds is 10. The van der Waals surface area contributed by atoms with Crippen LogP contribution in [0.15, 0.2) is 0 Å². The number of hydrogen-bond acceptors (Lipinski definition) is 5. The zero-order valence-corrected chi connectivity index (χ0v) is 14.7. The van der Waals surface area contributed by atoms with Gasteiger partial charge in [-0.3, -0.25) is 9.59 Å². The molecule has 3 atom stereocenters. The molecule has 0 saturated carbocycles. The van der Waals surface area contributed by atoms with Crippen molar-refractivity contribution in [3.8, 4) is 0 Å². The van der Waals surface area contributed by atoms with E-state index < -0.39 is 30.1 Å². The van der Waals surface area contributed by atoms with Crippen LogP contribution >= 0.6 is 0 Å². The van der Waals surface area contributed by atoms with Gasteiger partial charge < -0.3 is 25.6 Å². The highest BCUT2D eigenvalue weighted by atomic mass is 16.6. The number of aliphatic carboxylic acids is 1. The quantitative estimate of drug-likeness (QED) is 0.410. The lowest BCUT2D eigenvalue weighted by Crippen LogP contribution is -2.49. The molecule has 8 heteroatoms. The van der Waals surface area contributed by atoms with Crippen molar-refractivity contribution in [1.82, 2.24) is 10.6 Å². The van der Waals surface area contributed by atoms with Crippen molar-refractivity contribution in [2.24, 2.45) is 11.3 Å². The topological polar surface area (TPSA) is 128 Å². The number of carbonyl (C=O) groups excluding carboxylic acids is 2. The van der Waals surface area contributed by atoms with Gasteiger partial charge in [0.05, 0.1) is 0 Å². The molecule has 0 radical (unpaired) electrons. The van der Waals surface area contributed by atoms with Crippen LogP contribution in [0, 0.1) is 11.3 Å². The lowest BCUT2D eigenvalue weighted by molar-refractivity contribution is -0.138. The summed E-state index contributed by atoms with van der Waals surface area (Å²) in [5, 5.41) is 23.3. The molecule has 0 aromatic heterocycles. The molecule has 0 unspecified atom stereocenters. The standard InChI is InChI=1S/C16H28N2O6/c1-9(2)7-10(13(20)17-6-5-16(3,4)8-19)18-14(21)11-12(24-11)15(22)23/h9-12,19H,5-8H2,1-4H3,(H,17,20)(H,18,21)(H,22,23)/t10-,11-,12-/m0/s1. The summed E-state index contributed by atoms with van der Waals surface area (Å²) in [6.45, 7) is 8.04. The second-order valence-electron chi connectivity index (χ2n) is 7.37. The number of carboxylic acids is 1. The molecule has 0 bridgehead atoms. The first-order valence-corrected chi connectivity index (χ1v) is 8.14. The summed E-state index contributed by atoms with van der Waals surface area (Å²) in [5.41, 5.74) is -0.291. The van der Waals surface area contributed by atoms with E-state index in [0.717, 1.165) is 0 Å². The van der Waals surface area contributed by atoms with Crippen LogP contribution in [-0.4, -0.2) is 59.4 Å². The summed E-state index contributed by atoms with van der Waals surface area (Å²) >= 11 is 0. The molecule has 1 aliphatic heterocycles. The maximum atomic E-state index is 12.3. The lowest BCUT2D eigenvalue weighted by Gasteiger charge is -2.23. The monoisotopic (exact) mass is 344 g/mol. The Bertz CT molecular complexity index is 477. The number of aliphatic hydroxyl groups is 1. The molecule has 24 heavy (non-hydrogen) atoms. The number of aliphatic hydroxyl groups excluding tert-OH is 1. The smallest absolute Gasteiger partial charge is 0.336 e. The molecule has 0 aromatic rings. The zero-order chi connectivity index (χ0) is 18.5. The molecule has 0 aromatic carbocycles. The summed E-state index contributed by atoms with van der Waals surface area (Å²) < 4.78 is 4.80. The van der Waals surface area contributed by atoms with Crippen LogP contribution in [0.4, 0.5) is 0 Å². The molecule has 8 nitrogen and oxygen atoms in total. The van der Waals surface area contributed by atoms with Crippen LogP contribution in [0.25, 0.3) is 0 Å². The van der Waals surface area contributed by atoms with Gasteiger partial charge in [-0.15, -0.1) is 0 Å². The minimum Gasteiger partial charge on any atom is -0.479 e. The van der Waals surface area contributed by atoms with Crippen LogP contribution in [0.1, 0.15) is 40.5 Å². The van der Waals surface area contributed by atoms with E-state index in [0.29, 0.717) is 19.4 Å². The summed E-state index contributed by atoms with van der Waals surface area (Å²) in [5.74, 6) is -1.92. The van der Waals surface area contributed by atoms with E-state index in [1.54, 1.807) is 0 Å². The summed E-state index contributed by atoms with van der Waals surface area (Å²) in [6, 6.07) is -0.742. The van der Waals surface area contributed by atoms with Gasteiger partial charge in [0.25, 0.3) is 5.91 Å². The molecule has 1 aliphatic rings. The molecule has 0 aliphatic carbocycles. The Kier molecular flexibility index (Phi) is 7.16. The first-order chi connectivity index (χ1) is 11.1. The Morgan fingerprint density at radius 1 is 1.21 bits per heavy atom. The van der Waals surface area contributed by atoms with Gasteiger partial charge in [0.2, 0.25) is 5.91 Å². The molecule has 1 rings (SSSR count). The highest BCUT2D eigenvalue weighted by Gasteiger charge is 2.51. The van der Waals surface area contributed by atoms with Crippen molar-refractivity contribution in [3.63, 3.8) is 0 Å². The molecule has 4 N–H and O–H groups in total. The second kappa shape index (κ2) is 8.43. The van der Waals surface area contributed by atoms with Gasteiger partial charge in [-0.05, 0) is 24.2 Å². The zero-order valence-electron chi connectivity index (χ0n) is 14.7. The van der Waals surface area contributed by atoms with Gasteiger partial charge in [0.1, 0.15) is 6.04 Å². The predicted molar refractivity (Wildman–Crippen MR) is 86.2 cm³/mol. The molecule has 2 amide bonds. The number of hydrogen-bond donors (Lipinski definition) is 4. The number of amides is 2. The molecule has 1 heterocycles. The first-order valence-electron chi connectivity index (χ1n) is 8.14. The normalized spacial score (nSPS) is 21.2. The predicted octanol–water partition coefficient (Wildman–Crippen LogP) is -0.106. The third kappa shape index (κ3) is 6.45. The number of nitrogens with one attached hydrogen (secondary N) is 2. The van der Waals surface area contributed by atoms with Crippen LogP contribution in [0.3, 0.4) is 0 Å². The SMILES string of the molecule is CC(C)C[C@H](NC(=O)[C@H]1O[C@@H]1C(=O)O)C(=O)NCCC(C)(C)CO. The Labute approximate surface area is 141 Å². The van der Waals surface area contributed by atoms with Gasteiger partial charge in [-0.25, -0.2) is 4.79 Å². The fraction of sp³-hybridized carbons (Fsp3) is 0.812. The third-order valence-corrected chi connectivity index (χ3v) is 3.86. The summed E-state index contributed by atoms with van der Waals surface area (Å²) in [7, 11) is 0.